The minimum atomic E-state index is -1.07. The van der Waals surface area contributed by atoms with Gasteiger partial charge in [-0.15, -0.1) is 0 Å². The molecule has 6 nitrogen and oxygen atoms in total. The van der Waals surface area contributed by atoms with Gasteiger partial charge < -0.3 is 19.9 Å². The zero-order valence-corrected chi connectivity index (χ0v) is 11.2. The van der Waals surface area contributed by atoms with Gasteiger partial charge in [0.05, 0.1) is 6.61 Å². The van der Waals surface area contributed by atoms with Crippen molar-refractivity contribution in [1.29, 1.82) is 0 Å². The summed E-state index contributed by atoms with van der Waals surface area (Å²) in [7, 11) is 0. The van der Waals surface area contributed by atoms with Crippen LogP contribution in [0.2, 0.25) is 0 Å². The summed E-state index contributed by atoms with van der Waals surface area (Å²) < 4.78 is 10.5. The number of hydrogen-bond donors (Lipinski definition) is 2. The second kappa shape index (κ2) is 6.27. The fraction of sp³-hybridized carbons (Fsp3) is 0.429. The predicted molar refractivity (Wildman–Crippen MR) is 71.2 cm³/mol. The average Bonchev–Trinajstić information content (AvgIpc) is 3.21. The van der Waals surface area contributed by atoms with Gasteiger partial charge in [0.2, 0.25) is 0 Å². The Bertz CT molecular complexity index is 510. The molecule has 0 radical (unpaired) electrons. The molecule has 6 heteroatoms. The summed E-state index contributed by atoms with van der Waals surface area (Å²) >= 11 is 0. The van der Waals surface area contributed by atoms with Gasteiger partial charge in [0.25, 0.3) is 5.91 Å². The molecule has 1 saturated carbocycles. The van der Waals surface area contributed by atoms with E-state index in [1.807, 2.05) is 0 Å². The standard InChI is InChI=1S/C14H17NO5/c1-2-19-12-7-9(14(18)15-10-4-5-10)3-6-11(12)20-8-13(16)17/h3,6-7,10H,2,4-5,8H2,1H3,(H,15,18)(H,16,17). The van der Waals surface area contributed by atoms with Crippen LogP contribution in [0.15, 0.2) is 18.2 Å². The molecule has 0 atom stereocenters. The molecule has 1 aromatic rings. The summed E-state index contributed by atoms with van der Waals surface area (Å²) in [6, 6.07) is 4.99. The Balaban J connectivity index is 2.12. The molecule has 20 heavy (non-hydrogen) atoms. The van der Waals surface area contributed by atoms with Crippen molar-refractivity contribution in [1.82, 2.24) is 5.32 Å². The van der Waals surface area contributed by atoms with Crippen LogP contribution >= 0.6 is 0 Å². The zero-order chi connectivity index (χ0) is 14.5. The zero-order valence-electron chi connectivity index (χ0n) is 11.2. The van der Waals surface area contributed by atoms with Crippen LogP contribution in [0.3, 0.4) is 0 Å². The quantitative estimate of drug-likeness (QED) is 0.789. The number of aliphatic carboxylic acids is 1. The topological polar surface area (TPSA) is 84.9 Å². The maximum Gasteiger partial charge on any atom is 0.341 e. The Morgan fingerprint density at radius 1 is 1.30 bits per heavy atom. The van der Waals surface area contributed by atoms with E-state index in [2.05, 4.69) is 5.32 Å². The van der Waals surface area contributed by atoms with E-state index in [9.17, 15) is 9.59 Å². The lowest BCUT2D eigenvalue weighted by atomic mass is 10.2. The first kappa shape index (κ1) is 14.2. The van der Waals surface area contributed by atoms with Crippen molar-refractivity contribution in [2.75, 3.05) is 13.2 Å². The van der Waals surface area contributed by atoms with Gasteiger partial charge >= 0.3 is 5.97 Å². The molecule has 1 aromatic carbocycles. The molecule has 0 heterocycles. The number of carbonyl (C=O) groups is 2. The highest BCUT2D eigenvalue weighted by Crippen LogP contribution is 2.29. The van der Waals surface area contributed by atoms with E-state index >= 15 is 0 Å². The largest absolute Gasteiger partial charge is 0.490 e. The summed E-state index contributed by atoms with van der Waals surface area (Å²) in [4.78, 5) is 22.4. The highest BCUT2D eigenvalue weighted by atomic mass is 16.5. The number of hydrogen-bond acceptors (Lipinski definition) is 4. The van der Waals surface area contributed by atoms with Crippen molar-refractivity contribution < 1.29 is 24.2 Å². The molecular formula is C14H17NO5. The molecule has 1 aliphatic rings. The van der Waals surface area contributed by atoms with Crippen LogP contribution in [0, 0.1) is 0 Å². The Kier molecular flexibility index (Phi) is 4.45. The molecule has 0 aromatic heterocycles. The van der Waals surface area contributed by atoms with E-state index in [0.29, 0.717) is 23.7 Å². The van der Waals surface area contributed by atoms with Crippen LogP contribution in [0.25, 0.3) is 0 Å². The van der Waals surface area contributed by atoms with Crippen molar-refractivity contribution in [3.05, 3.63) is 23.8 Å². The third-order valence-electron chi connectivity index (χ3n) is 2.77. The van der Waals surface area contributed by atoms with Crippen molar-refractivity contribution in [2.24, 2.45) is 0 Å². The van der Waals surface area contributed by atoms with Gasteiger partial charge in [0.15, 0.2) is 18.1 Å². The van der Waals surface area contributed by atoms with Crippen LogP contribution in [0.5, 0.6) is 11.5 Å². The van der Waals surface area contributed by atoms with Crippen LogP contribution < -0.4 is 14.8 Å². The smallest absolute Gasteiger partial charge is 0.341 e. The minimum Gasteiger partial charge on any atom is -0.490 e. The molecule has 0 unspecified atom stereocenters. The lowest BCUT2D eigenvalue weighted by Gasteiger charge is -2.12. The Labute approximate surface area is 116 Å². The maximum atomic E-state index is 11.9. The predicted octanol–water partition coefficient (Wildman–Crippen LogP) is 1.44. The van der Waals surface area contributed by atoms with Gasteiger partial charge in [0, 0.05) is 11.6 Å². The number of nitrogens with one attached hydrogen (secondary N) is 1. The number of carbonyl (C=O) groups excluding carboxylic acids is 1. The maximum absolute atomic E-state index is 11.9. The number of ether oxygens (including phenoxy) is 2. The van der Waals surface area contributed by atoms with E-state index in [0.717, 1.165) is 12.8 Å². The summed E-state index contributed by atoms with van der Waals surface area (Å²) in [6.45, 7) is 1.75. The van der Waals surface area contributed by atoms with Gasteiger partial charge in [-0.2, -0.15) is 0 Å². The number of carboxylic acids is 1. The molecule has 1 aliphatic carbocycles. The lowest BCUT2D eigenvalue weighted by molar-refractivity contribution is -0.139. The first-order chi connectivity index (χ1) is 9.60. The molecule has 0 aliphatic heterocycles. The summed E-state index contributed by atoms with van der Waals surface area (Å²) in [6.07, 6.45) is 2.04. The number of benzene rings is 1. The van der Waals surface area contributed by atoms with Crippen molar-refractivity contribution >= 4 is 11.9 Å². The normalized spacial score (nSPS) is 13.7. The van der Waals surface area contributed by atoms with Gasteiger partial charge in [-0.3, -0.25) is 4.79 Å². The third kappa shape index (κ3) is 3.88. The second-order valence-corrected chi connectivity index (χ2v) is 4.52. The van der Waals surface area contributed by atoms with Gasteiger partial charge in [-0.1, -0.05) is 0 Å². The molecular weight excluding hydrogens is 262 g/mol. The Morgan fingerprint density at radius 2 is 2.05 bits per heavy atom. The van der Waals surface area contributed by atoms with Crippen LogP contribution in [-0.2, 0) is 4.79 Å². The van der Waals surface area contributed by atoms with Gasteiger partial charge in [-0.25, -0.2) is 4.79 Å². The van der Waals surface area contributed by atoms with Crippen LogP contribution in [0.1, 0.15) is 30.1 Å². The first-order valence-corrected chi connectivity index (χ1v) is 6.52. The Morgan fingerprint density at radius 3 is 2.65 bits per heavy atom. The molecule has 0 spiro atoms. The van der Waals surface area contributed by atoms with E-state index in [4.69, 9.17) is 14.6 Å². The van der Waals surface area contributed by atoms with Crippen molar-refractivity contribution in [3.8, 4) is 11.5 Å². The van der Waals surface area contributed by atoms with E-state index in [1.54, 1.807) is 25.1 Å². The van der Waals surface area contributed by atoms with E-state index < -0.39 is 12.6 Å². The molecule has 2 rings (SSSR count). The fourth-order valence-corrected chi connectivity index (χ4v) is 1.67. The fourth-order valence-electron chi connectivity index (χ4n) is 1.67. The van der Waals surface area contributed by atoms with Gasteiger partial charge in [0.1, 0.15) is 0 Å². The second-order valence-electron chi connectivity index (χ2n) is 4.52. The van der Waals surface area contributed by atoms with Crippen molar-refractivity contribution in [2.45, 2.75) is 25.8 Å². The summed E-state index contributed by atoms with van der Waals surface area (Å²) in [5.41, 5.74) is 0.475. The third-order valence-corrected chi connectivity index (χ3v) is 2.77. The monoisotopic (exact) mass is 279 g/mol. The minimum absolute atomic E-state index is 0.154. The van der Waals surface area contributed by atoms with E-state index in [-0.39, 0.29) is 11.9 Å². The van der Waals surface area contributed by atoms with Crippen LogP contribution in [-0.4, -0.2) is 36.2 Å². The van der Waals surface area contributed by atoms with E-state index in [1.165, 1.54) is 0 Å². The summed E-state index contributed by atoms with van der Waals surface area (Å²) in [5.74, 6) is -0.532. The number of rotatable bonds is 7. The molecule has 1 amide bonds. The lowest BCUT2D eigenvalue weighted by Crippen LogP contribution is -2.25. The first-order valence-electron chi connectivity index (χ1n) is 6.52. The highest BCUT2D eigenvalue weighted by Gasteiger charge is 2.24. The van der Waals surface area contributed by atoms with Gasteiger partial charge in [-0.05, 0) is 38.0 Å². The molecule has 0 bridgehead atoms. The molecule has 108 valence electrons. The number of amides is 1. The van der Waals surface area contributed by atoms with Crippen molar-refractivity contribution in [3.63, 3.8) is 0 Å². The molecule has 1 fully saturated rings. The summed E-state index contributed by atoms with van der Waals surface area (Å²) in [5, 5.41) is 11.5. The van der Waals surface area contributed by atoms with Crippen LogP contribution in [0.4, 0.5) is 0 Å². The Hall–Kier alpha value is -2.24. The average molecular weight is 279 g/mol. The molecule has 2 N–H and O–H groups in total. The number of carboxylic acid groups (broad SMARTS) is 1. The molecule has 0 saturated heterocycles. The SMILES string of the molecule is CCOc1cc(C(=O)NC2CC2)ccc1OCC(=O)O. The highest BCUT2D eigenvalue weighted by molar-refractivity contribution is 5.95.